The van der Waals surface area contributed by atoms with E-state index in [1.165, 1.54) is 12.1 Å². The molecule has 2 aromatic rings. The molecule has 0 aliphatic heterocycles. The molecule has 0 radical (unpaired) electrons. The predicted molar refractivity (Wildman–Crippen MR) is 83.1 cm³/mol. The van der Waals surface area contributed by atoms with Crippen molar-refractivity contribution in [2.45, 2.75) is 25.3 Å². The summed E-state index contributed by atoms with van der Waals surface area (Å²) in [7, 11) is -3.72. The number of hydrogen-bond acceptors (Lipinski definition) is 3. The highest BCUT2D eigenvalue weighted by Gasteiger charge is 2.13. The van der Waals surface area contributed by atoms with Crippen LogP contribution in [-0.2, 0) is 16.6 Å². The number of ether oxygens (including phenoxy) is 1. The highest BCUT2D eigenvalue weighted by atomic mass is 35.5. The van der Waals surface area contributed by atoms with Gasteiger partial charge in [-0.25, -0.2) is 13.6 Å². The van der Waals surface area contributed by atoms with Crippen LogP contribution < -0.4 is 9.88 Å². The van der Waals surface area contributed by atoms with Crippen LogP contribution in [0.25, 0.3) is 0 Å². The van der Waals surface area contributed by atoms with E-state index < -0.39 is 10.0 Å². The van der Waals surface area contributed by atoms with E-state index in [-0.39, 0.29) is 4.90 Å². The van der Waals surface area contributed by atoms with Gasteiger partial charge in [-0.1, -0.05) is 29.8 Å². The first-order valence-corrected chi connectivity index (χ1v) is 8.21. The van der Waals surface area contributed by atoms with Crippen LogP contribution in [0.2, 0.25) is 5.02 Å². The normalized spacial score (nSPS) is 11.4. The maximum Gasteiger partial charge on any atom is 0.238 e. The summed E-state index contributed by atoms with van der Waals surface area (Å²) >= 11 is 6.08. The smallest absolute Gasteiger partial charge is 0.238 e. The molecule has 0 spiro atoms. The number of primary sulfonamides is 1. The predicted octanol–water partition coefficient (Wildman–Crippen LogP) is 3.18. The molecule has 21 heavy (non-hydrogen) atoms. The molecular weight excluding hydrogens is 310 g/mol. The number of benzene rings is 2. The molecule has 0 atom stereocenters. The molecule has 0 saturated carbocycles. The monoisotopic (exact) mass is 325 g/mol. The van der Waals surface area contributed by atoms with Crippen LogP contribution in [0.3, 0.4) is 0 Å². The Morgan fingerprint density at radius 2 is 1.71 bits per heavy atom. The first-order chi connectivity index (χ1) is 9.79. The van der Waals surface area contributed by atoms with Gasteiger partial charge in [-0.05, 0) is 43.2 Å². The molecule has 6 heteroatoms. The first kappa shape index (κ1) is 15.8. The molecule has 2 N–H and O–H groups in total. The first-order valence-electron chi connectivity index (χ1n) is 6.29. The van der Waals surface area contributed by atoms with E-state index >= 15 is 0 Å². The number of sulfonamides is 1. The summed E-state index contributed by atoms with van der Waals surface area (Å²) in [6.45, 7) is 3.88. The Morgan fingerprint density at radius 1 is 1.14 bits per heavy atom. The van der Waals surface area contributed by atoms with Crippen LogP contribution in [-0.4, -0.2) is 8.42 Å². The Kier molecular flexibility index (Phi) is 4.56. The topological polar surface area (TPSA) is 69.4 Å². The molecule has 4 nitrogen and oxygen atoms in total. The molecule has 0 fully saturated rings. The van der Waals surface area contributed by atoms with Crippen LogP contribution in [0.5, 0.6) is 5.75 Å². The Morgan fingerprint density at radius 3 is 2.24 bits per heavy atom. The lowest BCUT2D eigenvalue weighted by Gasteiger charge is -2.14. The van der Waals surface area contributed by atoms with Gasteiger partial charge in [0.25, 0.3) is 0 Å². The molecule has 2 aromatic carbocycles. The van der Waals surface area contributed by atoms with E-state index in [0.29, 0.717) is 28.5 Å². The average Bonchev–Trinajstić information content (AvgIpc) is 2.38. The summed E-state index contributed by atoms with van der Waals surface area (Å²) in [6, 6.07) is 10.4. The SMILES string of the molecule is Cc1cc(S(N)(=O)=O)cc(C)c1OCc1ccccc1Cl. The zero-order chi connectivity index (χ0) is 15.6. The molecule has 0 aliphatic rings. The van der Waals surface area contributed by atoms with Crippen molar-refractivity contribution in [3.63, 3.8) is 0 Å². The van der Waals surface area contributed by atoms with E-state index in [9.17, 15) is 8.42 Å². The Labute approximate surface area is 129 Å². The lowest BCUT2D eigenvalue weighted by atomic mass is 10.1. The Bertz CT molecular complexity index is 749. The van der Waals surface area contributed by atoms with Crippen molar-refractivity contribution < 1.29 is 13.2 Å². The summed E-state index contributed by atoms with van der Waals surface area (Å²) in [5, 5.41) is 5.78. The lowest BCUT2D eigenvalue weighted by Crippen LogP contribution is -2.13. The van der Waals surface area contributed by atoms with E-state index in [1.54, 1.807) is 19.9 Å². The number of nitrogens with two attached hydrogens (primary N) is 1. The fraction of sp³-hybridized carbons (Fsp3) is 0.200. The Hall–Kier alpha value is -1.56. The molecule has 0 aliphatic carbocycles. The number of hydrogen-bond donors (Lipinski definition) is 1. The maximum absolute atomic E-state index is 11.4. The van der Waals surface area contributed by atoms with Crippen LogP contribution in [0.4, 0.5) is 0 Å². The maximum atomic E-state index is 11.4. The average molecular weight is 326 g/mol. The van der Waals surface area contributed by atoms with Crippen LogP contribution in [0, 0.1) is 13.8 Å². The van der Waals surface area contributed by atoms with Gasteiger partial charge in [0, 0.05) is 10.6 Å². The standard InChI is InChI=1S/C15H16ClNO3S/c1-10-7-13(21(17,18)19)8-11(2)15(10)20-9-12-5-3-4-6-14(12)16/h3-8H,9H2,1-2H3,(H2,17,18,19). The summed E-state index contributed by atoms with van der Waals surface area (Å²) in [5.41, 5.74) is 2.30. The van der Waals surface area contributed by atoms with Gasteiger partial charge >= 0.3 is 0 Å². The van der Waals surface area contributed by atoms with Crippen molar-refractivity contribution in [3.8, 4) is 5.75 Å². The second-order valence-corrected chi connectivity index (χ2v) is 6.78. The van der Waals surface area contributed by atoms with Gasteiger partial charge in [0.05, 0.1) is 4.90 Å². The molecule has 0 aromatic heterocycles. The third kappa shape index (κ3) is 3.75. The highest BCUT2D eigenvalue weighted by molar-refractivity contribution is 7.89. The molecule has 2 rings (SSSR count). The van der Waals surface area contributed by atoms with E-state index in [4.69, 9.17) is 21.5 Å². The molecule has 0 saturated heterocycles. The van der Waals surface area contributed by atoms with Crippen molar-refractivity contribution in [2.24, 2.45) is 5.14 Å². The van der Waals surface area contributed by atoms with E-state index in [1.807, 2.05) is 18.2 Å². The van der Waals surface area contributed by atoms with Gasteiger partial charge in [-0.3, -0.25) is 0 Å². The summed E-state index contributed by atoms with van der Waals surface area (Å²) in [6.07, 6.45) is 0. The highest BCUT2D eigenvalue weighted by Crippen LogP contribution is 2.28. The number of aryl methyl sites for hydroxylation is 2. The zero-order valence-corrected chi connectivity index (χ0v) is 13.3. The minimum absolute atomic E-state index is 0.0857. The molecule has 0 bridgehead atoms. The summed E-state index contributed by atoms with van der Waals surface area (Å²) in [5.74, 6) is 0.641. The van der Waals surface area contributed by atoms with E-state index in [0.717, 1.165) is 5.56 Å². The third-order valence-electron chi connectivity index (χ3n) is 3.09. The molecule has 112 valence electrons. The minimum atomic E-state index is -3.72. The quantitative estimate of drug-likeness (QED) is 0.938. The third-order valence-corrected chi connectivity index (χ3v) is 4.35. The second kappa shape index (κ2) is 6.05. The molecule has 0 unspecified atom stereocenters. The number of halogens is 1. The number of rotatable bonds is 4. The zero-order valence-electron chi connectivity index (χ0n) is 11.8. The second-order valence-electron chi connectivity index (χ2n) is 4.81. The van der Waals surface area contributed by atoms with Gasteiger partial charge in [0.15, 0.2) is 0 Å². The van der Waals surface area contributed by atoms with Crippen molar-refractivity contribution in [1.82, 2.24) is 0 Å². The van der Waals surface area contributed by atoms with Gasteiger partial charge in [-0.15, -0.1) is 0 Å². The lowest BCUT2D eigenvalue weighted by molar-refractivity contribution is 0.302. The van der Waals surface area contributed by atoms with Crippen LogP contribution in [0.15, 0.2) is 41.3 Å². The van der Waals surface area contributed by atoms with Gasteiger partial charge in [0.2, 0.25) is 10.0 Å². The van der Waals surface area contributed by atoms with Crippen LogP contribution in [0.1, 0.15) is 16.7 Å². The van der Waals surface area contributed by atoms with Crippen molar-refractivity contribution in [2.75, 3.05) is 0 Å². The van der Waals surface area contributed by atoms with Gasteiger partial charge in [0.1, 0.15) is 12.4 Å². The van der Waals surface area contributed by atoms with Gasteiger partial charge in [-0.2, -0.15) is 0 Å². The minimum Gasteiger partial charge on any atom is -0.488 e. The molecule has 0 heterocycles. The molecule has 0 amide bonds. The summed E-state index contributed by atoms with van der Waals surface area (Å²) < 4.78 is 28.6. The summed E-state index contributed by atoms with van der Waals surface area (Å²) in [4.78, 5) is 0.0857. The fourth-order valence-corrected chi connectivity index (χ4v) is 2.94. The van der Waals surface area contributed by atoms with Crippen molar-refractivity contribution in [3.05, 3.63) is 58.1 Å². The van der Waals surface area contributed by atoms with E-state index in [2.05, 4.69) is 0 Å². The van der Waals surface area contributed by atoms with Crippen LogP contribution >= 0.6 is 11.6 Å². The fourth-order valence-electron chi connectivity index (χ4n) is 2.07. The largest absolute Gasteiger partial charge is 0.488 e. The van der Waals surface area contributed by atoms with Gasteiger partial charge < -0.3 is 4.74 Å². The molecular formula is C15H16ClNO3S. The van der Waals surface area contributed by atoms with Crippen molar-refractivity contribution >= 4 is 21.6 Å². The van der Waals surface area contributed by atoms with Crippen molar-refractivity contribution in [1.29, 1.82) is 0 Å². The Balaban J connectivity index is 2.28.